The number of ether oxygens (including phenoxy) is 1. The van der Waals surface area contributed by atoms with E-state index >= 15 is 0 Å². The zero-order chi connectivity index (χ0) is 13.2. The minimum Gasteiger partial charge on any atom is -0.399 e. The van der Waals surface area contributed by atoms with Crippen LogP contribution in [0.15, 0.2) is 18.2 Å². The molecular weight excluding hydrogens is 224 g/mol. The van der Waals surface area contributed by atoms with Gasteiger partial charge in [0.05, 0.1) is 12.2 Å². The fraction of sp³-hybridized carbons (Fsp3) is 0.600. The van der Waals surface area contributed by atoms with Gasteiger partial charge in [-0.3, -0.25) is 0 Å². The Hall–Kier alpha value is -1.22. The van der Waals surface area contributed by atoms with E-state index in [0.29, 0.717) is 0 Å². The van der Waals surface area contributed by atoms with Gasteiger partial charge in [0.15, 0.2) is 0 Å². The summed E-state index contributed by atoms with van der Waals surface area (Å²) in [5.41, 5.74) is 9.37. The second-order valence-corrected chi connectivity index (χ2v) is 5.94. The van der Waals surface area contributed by atoms with E-state index in [1.807, 2.05) is 6.07 Å². The summed E-state index contributed by atoms with van der Waals surface area (Å²) in [4.78, 5) is 2.39. The van der Waals surface area contributed by atoms with Crippen molar-refractivity contribution in [3.05, 3.63) is 23.8 Å². The topological polar surface area (TPSA) is 38.5 Å². The fourth-order valence-corrected chi connectivity index (χ4v) is 2.36. The van der Waals surface area contributed by atoms with E-state index < -0.39 is 0 Å². The third-order valence-corrected chi connectivity index (χ3v) is 3.22. The molecule has 3 heteroatoms. The zero-order valence-electron chi connectivity index (χ0n) is 11.7. The largest absolute Gasteiger partial charge is 0.399 e. The summed E-state index contributed by atoms with van der Waals surface area (Å²) in [7, 11) is 0. The first-order valence-electron chi connectivity index (χ1n) is 6.73. The van der Waals surface area contributed by atoms with E-state index in [9.17, 15) is 0 Å². The van der Waals surface area contributed by atoms with Gasteiger partial charge >= 0.3 is 0 Å². The van der Waals surface area contributed by atoms with Crippen LogP contribution in [0.3, 0.4) is 0 Å². The number of anilines is 2. The Kier molecular flexibility index (Phi) is 3.81. The molecule has 0 unspecified atom stereocenters. The molecule has 1 aliphatic heterocycles. The highest BCUT2D eigenvalue weighted by atomic mass is 16.5. The van der Waals surface area contributed by atoms with Crippen LogP contribution in [0.5, 0.6) is 0 Å². The molecule has 0 saturated heterocycles. The molecule has 0 saturated carbocycles. The molecule has 18 heavy (non-hydrogen) atoms. The minimum atomic E-state index is -0.0612. The molecule has 1 aliphatic rings. The lowest BCUT2D eigenvalue weighted by Crippen LogP contribution is -2.34. The molecule has 0 aliphatic carbocycles. The van der Waals surface area contributed by atoms with Gasteiger partial charge in [0.1, 0.15) is 0 Å². The molecule has 0 aromatic heterocycles. The number of nitrogen functional groups attached to an aromatic ring is 1. The lowest BCUT2D eigenvalue weighted by atomic mass is 10.0. The van der Waals surface area contributed by atoms with Crippen molar-refractivity contribution in [2.45, 2.75) is 39.2 Å². The summed E-state index contributed by atoms with van der Waals surface area (Å²) < 4.78 is 5.80. The second kappa shape index (κ2) is 5.19. The van der Waals surface area contributed by atoms with Crippen molar-refractivity contribution >= 4 is 11.4 Å². The Labute approximate surface area is 110 Å². The average Bonchev–Trinajstić information content (AvgIpc) is 2.28. The summed E-state index contributed by atoms with van der Waals surface area (Å²) in [5.74, 6) is 0. The maximum absolute atomic E-state index is 5.88. The van der Waals surface area contributed by atoms with Gasteiger partial charge in [-0.1, -0.05) is 6.07 Å². The number of benzene rings is 1. The van der Waals surface area contributed by atoms with Crippen LogP contribution in [0.4, 0.5) is 11.4 Å². The molecule has 2 rings (SSSR count). The Morgan fingerprint density at radius 2 is 2.11 bits per heavy atom. The van der Waals surface area contributed by atoms with Crippen LogP contribution in [-0.4, -0.2) is 25.3 Å². The summed E-state index contributed by atoms with van der Waals surface area (Å²) in [6.07, 6.45) is 2.37. The first-order valence-corrected chi connectivity index (χ1v) is 6.73. The predicted octanol–water partition coefficient (Wildman–Crippen LogP) is 2.84. The molecule has 1 aromatic carbocycles. The number of hydrogen-bond acceptors (Lipinski definition) is 3. The lowest BCUT2D eigenvalue weighted by molar-refractivity contribution is 0.00128. The smallest absolute Gasteiger partial charge is 0.0648 e. The number of fused-ring (bicyclic) bond motifs is 1. The van der Waals surface area contributed by atoms with Gasteiger partial charge < -0.3 is 15.4 Å². The lowest BCUT2D eigenvalue weighted by Gasteiger charge is -2.32. The number of nitrogens with two attached hydrogens (primary N) is 1. The van der Waals surface area contributed by atoms with E-state index in [0.717, 1.165) is 31.8 Å². The third kappa shape index (κ3) is 3.39. The van der Waals surface area contributed by atoms with Gasteiger partial charge in [-0.2, -0.15) is 0 Å². The van der Waals surface area contributed by atoms with E-state index in [1.54, 1.807) is 0 Å². The molecule has 1 aromatic rings. The number of hydrogen-bond donors (Lipinski definition) is 1. The molecule has 0 fully saturated rings. The highest BCUT2D eigenvalue weighted by Crippen LogP contribution is 2.28. The molecular formula is C15H24N2O. The van der Waals surface area contributed by atoms with E-state index in [4.69, 9.17) is 10.5 Å². The summed E-state index contributed by atoms with van der Waals surface area (Å²) in [6, 6.07) is 6.24. The molecule has 0 atom stereocenters. The number of nitrogens with zero attached hydrogens (tertiary/aromatic N) is 1. The second-order valence-electron chi connectivity index (χ2n) is 5.94. The minimum absolute atomic E-state index is 0.0612. The van der Waals surface area contributed by atoms with Crippen molar-refractivity contribution in [3.8, 4) is 0 Å². The Morgan fingerprint density at radius 3 is 2.83 bits per heavy atom. The Morgan fingerprint density at radius 1 is 1.33 bits per heavy atom. The van der Waals surface area contributed by atoms with Crippen molar-refractivity contribution in [2.75, 3.05) is 30.3 Å². The molecule has 0 spiro atoms. The highest BCUT2D eigenvalue weighted by Gasteiger charge is 2.17. The Balaban J connectivity index is 2.01. The zero-order valence-corrected chi connectivity index (χ0v) is 11.7. The third-order valence-electron chi connectivity index (χ3n) is 3.22. The average molecular weight is 248 g/mol. The van der Waals surface area contributed by atoms with E-state index in [1.165, 1.54) is 17.7 Å². The van der Waals surface area contributed by atoms with Crippen LogP contribution in [0.25, 0.3) is 0 Å². The van der Waals surface area contributed by atoms with E-state index in [-0.39, 0.29) is 5.60 Å². The van der Waals surface area contributed by atoms with Crippen molar-refractivity contribution in [3.63, 3.8) is 0 Å². The van der Waals surface area contributed by atoms with Crippen LogP contribution in [-0.2, 0) is 11.2 Å². The van der Waals surface area contributed by atoms with Gasteiger partial charge in [-0.15, -0.1) is 0 Å². The maximum Gasteiger partial charge on any atom is 0.0648 e. The van der Waals surface area contributed by atoms with Crippen molar-refractivity contribution in [2.24, 2.45) is 0 Å². The molecule has 0 bridgehead atoms. The van der Waals surface area contributed by atoms with Gasteiger partial charge in [0.2, 0.25) is 0 Å². The number of aryl methyl sites for hydroxylation is 1. The van der Waals surface area contributed by atoms with E-state index in [2.05, 4.69) is 37.8 Å². The van der Waals surface area contributed by atoms with Crippen LogP contribution >= 0.6 is 0 Å². The molecule has 2 N–H and O–H groups in total. The van der Waals surface area contributed by atoms with Gasteiger partial charge in [0.25, 0.3) is 0 Å². The van der Waals surface area contributed by atoms with Gasteiger partial charge in [-0.25, -0.2) is 0 Å². The van der Waals surface area contributed by atoms with Crippen LogP contribution in [0.2, 0.25) is 0 Å². The van der Waals surface area contributed by atoms with Gasteiger partial charge in [-0.05, 0) is 51.3 Å². The summed E-state index contributed by atoms with van der Waals surface area (Å²) in [5, 5.41) is 0. The van der Waals surface area contributed by atoms with Gasteiger partial charge in [0, 0.05) is 24.5 Å². The van der Waals surface area contributed by atoms with Crippen LogP contribution in [0.1, 0.15) is 32.8 Å². The fourth-order valence-electron chi connectivity index (χ4n) is 2.36. The standard InChI is InChI=1S/C15H24N2O/c1-15(2,3)18-10-9-17-8-4-5-12-6-7-13(16)11-14(12)17/h6-7,11H,4-5,8-10,16H2,1-3H3. The van der Waals surface area contributed by atoms with Crippen LogP contribution < -0.4 is 10.6 Å². The quantitative estimate of drug-likeness (QED) is 0.836. The molecule has 100 valence electrons. The summed E-state index contributed by atoms with van der Waals surface area (Å²) in [6.45, 7) is 9.08. The van der Waals surface area contributed by atoms with Crippen molar-refractivity contribution < 1.29 is 4.74 Å². The molecule has 0 amide bonds. The summed E-state index contributed by atoms with van der Waals surface area (Å²) >= 11 is 0. The molecule has 1 heterocycles. The van der Waals surface area contributed by atoms with Crippen molar-refractivity contribution in [1.29, 1.82) is 0 Å². The normalized spacial score (nSPS) is 15.6. The first-order chi connectivity index (χ1) is 8.46. The maximum atomic E-state index is 5.88. The molecule has 3 nitrogen and oxygen atoms in total. The molecule has 0 radical (unpaired) electrons. The monoisotopic (exact) mass is 248 g/mol. The highest BCUT2D eigenvalue weighted by molar-refractivity contribution is 5.62. The predicted molar refractivity (Wildman–Crippen MR) is 77.1 cm³/mol. The van der Waals surface area contributed by atoms with Crippen LogP contribution in [0, 0.1) is 0 Å². The number of rotatable bonds is 3. The first kappa shape index (κ1) is 13.2. The SMILES string of the molecule is CC(C)(C)OCCN1CCCc2ccc(N)cc21. The van der Waals surface area contributed by atoms with Crippen molar-refractivity contribution in [1.82, 2.24) is 0 Å². The Bertz CT molecular complexity index is 409.